The summed E-state index contributed by atoms with van der Waals surface area (Å²) >= 11 is 0. The summed E-state index contributed by atoms with van der Waals surface area (Å²) in [7, 11) is 0. The molecule has 1 aromatic rings. The van der Waals surface area contributed by atoms with Crippen LogP contribution < -0.4 is 5.73 Å². The van der Waals surface area contributed by atoms with Gasteiger partial charge in [0.15, 0.2) is 5.78 Å². The van der Waals surface area contributed by atoms with E-state index in [4.69, 9.17) is 5.73 Å². The highest BCUT2D eigenvalue weighted by atomic mass is 16.1. The molecule has 78 valence electrons. The normalized spacial score (nSPS) is 10.5. The summed E-state index contributed by atoms with van der Waals surface area (Å²) in [4.78, 5) is 21.7. The highest BCUT2D eigenvalue weighted by Crippen LogP contribution is 2.13. The first-order valence-corrected chi connectivity index (χ1v) is 4.60. The second-order valence-corrected chi connectivity index (χ2v) is 3.36. The predicted molar refractivity (Wildman–Crippen MR) is 59.4 cm³/mol. The molecule has 0 aliphatic heterocycles. The van der Waals surface area contributed by atoms with Gasteiger partial charge in [0, 0.05) is 11.6 Å². The van der Waals surface area contributed by atoms with Gasteiger partial charge in [0.05, 0.1) is 0 Å². The topological polar surface area (TPSA) is 60.2 Å². The molecule has 0 atom stereocenters. The van der Waals surface area contributed by atoms with Crippen molar-refractivity contribution in [1.82, 2.24) is 0 Å². The van der Waals surface area contributed by atoms with Crippen LogP contribution in [-0.2, 0) is 4.79 Å². The number of carbonyl (C=O) groups excluding carboxylic acids is 2. The molecule has 0 fully saturated rings. The summed E-state index contributed by atoms with van der Waals surface area (Å²) in [6, 6.07) is 5.35. The maximum atomic E-state index is 11.1. The average molecular weight is 203 g/mol. The minimum atomic E-state index is -0.498. The van der Waals surface area contributed by atoms with Crippen molar-refractivity contribution in [3.05, 3.63) is 41.0 Å². The van der Waals surface area contributed by atoms with Crippen molar-refractivity contribution < 1.29 is 9.59 Å². The maximum absolute atomic E-state index is 11.1. The summed E-state index contributed by atoms with van der Waals surface area (Å²) in [5.74, 6) is -0.494. The van der Waals surface area contributed by atoms with Gasteiger partial charge in [-0.1, -0.05) is 12.1 Å². The standard InChI is InChI=1S/C12H13NO2/c1-8-3-4-11(9(2)14)7-10(8)5-6-12(13)15/h3-7H,1-2H3,(H2,13,15). The zero-order chi connectivity index (χ0) is 11.4. The van der Waals surface area contributed by atoms with Gasteiger partial charge in [-0.15, -0.1) is 0 Å². The molecule has 0 saturated heterocycles. The number of ketones is 1. The minimum Gasteiger partial charge on any atom is -0.366 e. The third kappa shape index (κ3) is 3.06. The van der Waals surface area contributed by atoms with Gasteiger partial charge in [0.2, 0.25) is 5.91 Å². The fourth-order valence-electron chi connectivity index (χ4n) is 1.21. The van der Waals surface area contributed by atoms with Crippen LogP contribution in [0, 0.1) is 6.92 Å². The van der Waals surface area contributed by atoms with Crippen LogP contribution in [0.25, 0.3) is 6.08 Å². The largest absolute Gasteiger partial charge is 0.366 e. The SMILES string of the molecule is CC(=O)c1ccc(C)c(C=CC(N)=O)c1. The number of hydrogen-bond acceptors (Lipinski definition) is 2. The van der Waals surface area contributed by atoms with Crippen molar-refractivity contribution in [2.75, 3.05) is 0 Å². The number of hydrogen-bond donors (Lipinski definition) is 1. The monoisotopic (exact) mass is 203 g/mol. The van der Waals surface area contributed by atoms with E-state index in [0.717, 1.165) is 11.1 Å². The van der Waals surface area contributed by atoms with Gasteiger partial charge < -0.3 is 5.73 Å². The number of benzene rings is 1. The molecule has 0 aliphatic carbocycles. The summed E-state index contributed by atoms with van der Waals surface area (Å²) < 4.78 is 0. The lowest BCUT2D eigenvalue weighted by Crippen LogP contribution is -2.05. The lowest BCUT2D eigenvalue weighted by molar-refractivity contribution is -0.113. The number of carbonyl (C=O) groups is 2. The van der Waals surface area contributed by atoms with E-state index in [2.05, 4.69) is 0 Å². The fourth-order valence-corrected chi connectivity index (χ4v) is 1.21. The van der Waals surface area contributed by atoms with Crippen molar-refractivity contribution >= 4 is 17.8 Å². The van der Waals surface area contributed by atoms with E-state index in [0.29, 0.717) is 5.56 Å². The van der Waals surface area contributed by atoms with Crippen LogP contribution in [0.5, 0.6) is 0 Å². The number of amides is 1. The summed E-state index contributed by atoms with van der Waals surface area (Å²) in [6.45, 7) is 3.41. The zero-order valence-corrected chi connectivity index (χ0v) is 8.78. The van der Waals surface area contributed by atoms with Crippen molar-refractivity contribution in [2.45, 2.75) is 13.8 Å². The van der Waals surface area contributed by atoms with Gasteiger partial charge in [0.1, 0.15) is 0 Å². The molecule has 1 aromatic carbocycles. The molecular formula is C12H13NO2. The Hall–Kier alpha value is -1.90. The van der Waals surface area contributed by atoms with E-state index >= 15 is 0 Å². The first kappa shape index (κ1) is 11.2. The first-order valence-electron chi connectivity index (χ1n) is 4.60. The molecule has 15 heavy (non-hydrogen) atoms. The van der Waals surface area contributed by atoms with Crippen molar-refractivity contribution in [3.63, 3.8) is 0 Å². The second-order valence-electron chi connectivity index (χ2n) is 3.36. The molecule has 0 unspecified atom stereocenters. The van der Waals surface area contributed by atoms with Crippen molar-refractivity contribution in [1.29, 1.82) is 0 Å². The molecule has 0 aliphatic rings. The number of nitrogens with two attached hydrogens (primary N) is 1. The minimum absolute atomic E-state index is 0.00345. The molecule has 1 rings (SSSR count). The van der Waals surface area contributed by atoms with E-state index in [1.165, 1.54) is 13.0 Å². The van der Waals surface area contributed by atoms with Crippen LogP contribution in [0.4, 0.5) is 0 Å². The highest BCUT2D eigenvalue weighted by molar-refractivity contribution is 5.95. The Bertz CT molecular complexity index is 433. The maximum Gasteiger partial charge on any atom is 0.241 e. The Morgan fingerprint density at radius 2 is 2.00 bits per heavy atom. The van der Waals surface area contributed by atoms with E-state index in [-0.39, 0.29) is 5.78 Å². The lowest BCUT2D eigenvalue weighted by Gasteiger charge is -2.02. The molecule has 0 saturated carbocycles. The molecule has 3 heteroatoms. The molecule has 1 amide bonds. The Morgan fingerprint density at radius 1 is 1.33 bits per heavy atom. The third-order valence-corrected chi connectivity index (χ3v) is 2.11. The number of Topliss-reactive ketones (excluding diaryl/α,β-unsaturated/α-hetero) is 1. The van der Waals surface area contributed by atoms with Gasteiger partial charge in [0.25, 0.3) is 0 Å². The Morgan fingerprint density at radius 3 is 2.53 bits per heavy atom. The Kier molecular flexibility index (Phi) is 3.39. The summed E-state index contributed by atoms with van der Waals surface area (Å²) in [5.41, 5.74) is 7.46. The van der Waals surface area contributed by atoms with Crippen LogP contribution in [0.2, 0.25) is 0 Å². The second kappa shape index (κ2) is 4.55. The molecular weight excluding hydrogens is 190 g/mol. The van der Waals surface area contributed by atoms with E-state index in [1.54, 1.807) is 18.2 Å². The van der Waals surface area contributed by atoms with Gasteiger partial charge in [-0.05, 0) is 37.1 Å². The zero-order valence-electron chi connectivity index (χ0n) is 8.78. The van der Waals surface area contributed by atoms with E-state index in [9.17, 15) is 9.59 Å². The van der Waals surface area contributed by atoms with Crippen LogP contribution in [0.15, 0.2) is 24.3 Å². The third-order valence-electron chi connectivity index (χ3n) is 2.11. The highest BCUT2D eigenvalue weighted by Gasteiger charge is 2.01. The fraction of sp³-hybridized carbons (Fsp3) is 0.167. The van der Waals surface area contributed by atoms with Crippen molar-refractivity contribution in [2.24, 2.45) is 5.73 Å². The number of rotatable bonds is 3. The van der Waals surface area contributed by atoms with Crippen LogP contribution in [-0.4, -0.2) is 11.7 Å². The smallest absolute Gasteiger partial charge is 0.241 e. The van der Waals surface area contributed by atoms with Gasteiger partial charge in [-0.25, -0.2) is 0 Å². The van der Waals surface area contributed by atoms with E-state index in [1.807, 2.05) is 13.0 Å². The molecule has 2 N–H and O–H groups in total. The van der Waals surface area contributed by atoms with Crippen LogP contribution >= 0.6 is 0 Å². The van der Waals surface area contributed by atoms with Gasteiger partial charge in [-0.2, -0.15) is 0 Å². The summed E-state index contributed by atoms with van der Waals surface area (Å²) in [6.07, 6.45) is 2.90. The number of primary amides is 1. The van der Waals surface area contributed by atoms with Crippen molar-refractivity contribution in [3.8, 4) is 0 Å². The first-order chi connectivity index (χ1) is 7.00. The van der Waals surface area contributed by atoms with Gasteiger partial charge in [-0.3, -0.25) is 9.59 Å². The number of aryl methyl sites for hydroxylation is 1. The Labute approximate surface area is 88.6 Å². The van der Waals surface area contributed by atoms with Crippen LogP contribution in [0.3, 0.4) is 0 Å². The lowest BCUT2D eigenvalue weighted by atomic mass is 10.0. The molecule has 3 nitrogen and oxygen atoms in total. The molecule has 0 heterocycles. The molecule has 0 spiro atoms. The molecule has 0 bridgehead atoms. The van der Waals surface area contributed by atoms with Gasteiger partial charge >= 0.3 is 0 Å². The molecule has 0 radical (unpaired) electrons. The Balaban J connectivity index is 3.11. The predicted octanol–water partition coefficient (Wildman–Crippen LogP) is 1.70. The van der Waals surface area contributed by atoms with Crippen LogP contribution in [0.1, 0.15) is 28.4 Å². The average Bonchev–Trinajstić information content (AvgIpc) is 2.16. The quantitative estimate of drug-likeness (QED) is 0.600. The van der Waals surface area contributed by atoms with E-state index < -0.39 is 5.91 Å². The molecule has 0 aromatic heterocycles. The summed E-state index contributed by atoms with van der Waals surface area (Å²) in [5, 5.41) is 0.